The van der Waals surface area contributed by atoms with Crippen molar-refractivity contribution in [2.45, 2.75) is 76.9 Å². The van der Waals surface area contributed by atoms with Gasteiger partial charge in [-0.1, -0.05) is 20.8 Å². The van der Waals surface area contributed by atoms with Crippen LogP contribution in [0.4, 0.5) is 0 Å². The van der Waals surface area contributed by atoms with Crippen molar-refractivity contribution in [3.8, 4) is 0 Å². The van der Waals surface area contributed by atoms with Gasteiger partial charge in [-0.05, 0) is 63.0 Å². The van der Waals surface area contributed by atoms with E-state index in [-0.39, 0.29) is 15.8 Å². The first-order valence-electron chi connectivity index (χ1n) is 8.56. The number of pyridine rings is 1. The summed E-state index contributed by atoms with van der Waals surface area (Å²) >= 11 is 0. The molecule has 0 fully saturated rings. The van der Waals surface area contributed by atoms with Crippen LogP contribution >= 0.6 is 0 Å². The van der Waals surface area contributed by atoms with Gasteiger partial charge in [0.2, 0.25) is 0 Å². The summed E-state index contributed by atoms with van der Waals surface area (Å²) in [4.78, 5) is 4.08. The number of nitrogens with one attached hydrogen (secondary N) is 1. The number of hydrogen-bond donors (Lipinski definition) is 1. The van der Waals surface area contributed by atoms with Crippen LogP contribution in [-0.2, 0) is 15.4 Å². The molecule has 0 unspecified atom stereocenters. The Morgan fingerprint density at radius 1 is 1.17 bits per heavy atom. The smallest absolute Gasteiger partial charge is 0.191 e. The largest absolute Gasteiger partial charge is 0.417 e. The van der Waals surface area contributed by atoms with Crippen LogP contribution in [0, 0.1) is 0 Å². The van der Waals surface area contributed by atoms with Gasteiger partial charge in [0.15, 0.2) is 8.32 Å². The van der Waals surface area contributed by atoms with Gasteiger partial charge in [0, 0.05) is 25.0 Å². The standard InChI is InChI=1S/C18H34N2O2SSi/c1-17(2,3)23(21)20-16(15-9-12-19-13-10-15)11-14-22-24(7,8)18(4,5)6/h9-10,12-13,16,20H,11,14H2,1-8H3/t16-,23+/m0/s1. The Morgan fingerprint density at radius 2 is 1.71 bits per heavy atom. The molecule has 2 atom stereocenters. The molecule has 0 spiro atoms. The average Bonchev–Trinajstić information content (AvgIpc) is 2.44. The summed E-state index contributed by atoms with van der Waals surface area (Å²) in [5.74, 6) is 0. The highest BCUT2D eigenvalue weighted by atomic mass is 32.2. The first kappa shape index (κ1) is 21.5. The first-order valence-corrected chi connectivity index (χ1v) is 12.6. The maximum Gasteiger partial charge on any atom is 0.191 e. The normalized spacial score (nSPS) is 16.0. The van der Waals surface area contributed by atoms with Crippen molar-refractivity contribution in [1.82, 2.24) is 9.71 Å². The molecular weight excluding hydrogens is 336 g/mol. The number of hydrogen-bond acceptors (Lipinski definition) is 3. The van der Waals surface area contributed by atoms with Crippen LogP contribution < -0.4 is 4.72 Å². The zero-order valence-electron chi connectivity index (χ0n) is 16.5. The van der Waals surface area contributed by atoms with Gasteiger partial charge >= 0.3 is 0 Å². The third-order valence-electron chi connectivity index (χ3n) is 4.59. The maximum atomic E-state index is 12.5. The lowest BCUT2D eigenvalue weighted by Crippen LogP contribution is -2.42. The molecule has 1 aromatic heterocycles. The van der Waals surface area contributed by atoms with E-state index in [1.54, 1.807) is 12.4 Å². The Morgan fingerprint density at radius 3 is 2.17 bits per heavy atom. The van der Waals surface area contributed by atoms with Gasteiger partial charge in [0.25, 0.3) is 0 Å². The van der Waals surface area contributed by atoms with Crippen molar-refractivity contribution < 1.29 is 8.63 Å². The fraction of sp³-hybridized carbons (Fsp3) is 0.722. The van der Waals surface area contributed by atoms with Gasteiger partial charge in [0.1, 0.15) is 0 Å². The Balaban J connectivity index is 2.79. The molecule has 6 heteroatoms. The molecule has 0 aliphatic rings. The summed E-state index contributed by atoms with van der Waals surface area (Å²) in [5, 5.41) is 0.195. The van der Waals surface area contributed by atoms with Crippen molar-refractivity contribution in [2.24, 2.45) is 0 Å². The van der Waals surface area contributed by atoms with Gasteiger partial charge < -0.3 is 4.43 Å². The van der Waals surface area contributed by atoms with E-state index in [1.807, 2.05) is 32.9 Å². The highest BCUT2D eigenvalue weighted by Gasteiger charge is 2.37. The topological polar surface area (TPSA) is 51.2 Å². The third-order valence-corrected chi connectivity index (χ3v) is 10.7. The molecule has 0 aliphatic heterocycles. The highest BCUT2D eigenvalue weighted by molar-refractivity contribution is 7.84. The summed E-state index contributed by atoms with van der Waals surface area (Å²) in [6, 6.07) is 3.95. The van der Waals surface area contributed by atoms with Crippen LogP contribution in [0.15, 0.2) is 24.5 Å². The zero-order valence-corrected chi connectivity index (χ0v) is 18.3. The fourth-order valence-corrected chi connectivity index (χ4v) is 3.77. The second kappa shape index (κ2) is 8.21. The van der Waals surface area contributed by atoms with Crippen LogP contribution in [0.2, 0.25) is 18.1 Å². The van der Waals surface area contributed by atoms with Crippen molar-refractivity contribution >= 4 is 19.3 Å². The van der Waals surface area contributed by atoms with E-state index in [1.165, 1.54) is 0 Å². The first-order chi connectivity index (χ1) is 10.8. The molecular formula is C18H34N2O2SSi. The van der Waals surface area contributed by atoms with Crippen LogP contribution in [0.5, 0.6) is 0 Å². The molecule has 1 aromatic rings. The predicted molar refractivity (Wildman–Crippen MR) is 106 cm³/mol. The van der Waals surface area contributed by atoms with Crippen LogP contribution in [0.25, 0.3) is 0 Å². The quantitative estimate of drug-likeness (QED) is 0.714. The van der Waals surface area contributed by atoms with Crippen molar-refractivity contribution in [3.63, 3.8) is 0 Å². The molecule has 0 aliphatic carbocycles. The molecule has 0 radical (unpaired) electrons. The summed E-state index contributed by atoms with van der Waals surface area (Å²) in [6.07, 6.45) is 4.34. The minimum absolute atomic E-state index is 0.00201. The van der Waals surface area contributed by atoms with Crippen LogP contribution in [0.1, 0.15) is 59.6 Å². The SMILES string of the molecule is CC(C)(C)[S@@](=O)N[C@@H](CCO[Si](C)(C)C(C)(C)C)c1ccncc1. The average molecular weight is 371 g/mol. The number of rotatable bonds is 7. The molecule has 138 valence electrons. The Hall–Kier alpha value is -0.563. The predicted octanol–water partition coefficient (Wildman–Crippen LogP) is 4.59. The minimum atomic E-state index is -1.77. The van der Waals surface area contributed by atoms with Crippen molar-refractivity contribution in [3.05, 3.63) is 30.1 Å². The Bertz CT molecular complexity index is 536. The van der Waals surface area contributed by atoms with Gasteiger partial charge in [-0.25, -0.2) is 8.93 Å². The lowest BCUT2D eigenvalue weighted by atomic mass is 10.1. The van der Waals surface area contributed by atoms with Gasteiger partial charge in [-0.2, -0.15) is 0 Å². The van der Waals surface area contributed by atoms with E-state index in [0.717, 1.165) is 12.0 Å². The molecule has 0 bridgehead atoms. The highest BCUT2D eigenvalue weighted by Crippen LogP contribution is 2.36. The van der Waals surface area contributed by atoms with E-state index in [2.05, 4.69) is 43.6 Å². The minimum Gasteiger partial charge on any atom is -0.417 e. The van der Waals surface area contributed by atoms with E-state index in [4.69, 9.17) is 4.43 Å². The molecule has 24 heavy (non-hydrogen) atoms. The Kier molecular flexibility index (Phi) is 7.35. The lowest BCUT2D eigenvalue weighted by Gasteiger charge is -2.36. The molecule has 0 saturated carbocycles. The monoisotopic (exact) mass is 370 g/mol. The van der Waals surface area contributed by atoms with Crippen LogP contribution in [0.3, 0.4) is 0 Å². The second-order valence-electron chi connectivity index (χ2n) is 8.73. The summed E-state index contributed by atoms with van der Waals surface area (Å²) in [7, 11) is -2.89. The van der Waals surface area contributed by atoms with Crippen molar-refractivity contribution in [1.29, 1.82) is 0 Å². The summed E-state index contributed by atoms with van der Waals surface area (Å²) < 4.78 is 21.8. The Labute approximate surface area is 151 Å². The third kappa shape index (κ3) is 6.39. The lowest BCUT2D eigenvalue weighted by molar-refractivity contribution is 0.269. The maximum absolute atomic E-state index is 12.5. The molecule has 1 rings (SSSR count). The zero-order chi connectivity index (χ0) is 18.6. The van der Waals surface area contributed by atoms with Crippen molar-refractivity contribution in [2.75, 3.05) is 6.61 Å². The van der Waals surface area contributed by atoms with Gasteiger partial charge in [-0.15, -0.1) is 0 Å². The number of aromatic nitrogens is 1. The fourth-order valence-electron chi connectivity index (χ4n) is 1.84. The summed E-state index contributed by atoms with van der Waals surface area (Å²) in [5.41, 5.74) is 1.10. The van der Waals surface area contributed by atoms with E-state index in [0.29, 0.717) is 6.61 Å². The van der Waals surface area contributed by atoms with E-state index < -0.39 is 19.3 Å². The van der Waals surface area contributed by atoms with Crippen LogP contribution in [-0.4, -0.2) is 28.9 Å². The number of nitrogens with zero attached hydrogens (tertiary/aromatic N) is 1. The van der Waals surface area contributed by atoms with E-state index in [9.17, 15) is 4.21 Å². The molecule has 0 amide bonds. The molecule has 1 heterocycles. The van der Waals surface area contributed by atoms with E-state index >= 15 is 0 Å². The molecule has 1 N–H and O–H groups in total. The molecule has 4 nitrogen and oxygen atoms in total. The summed E-state index contributed by atoms with van der Waals surface area (Å²) in [6.45, 7) is 17.8. The second-order valence-corrected chi connectivity index (χ2v) is 15.5. The molecule has 0 aromatic carbocycles. The molecule has 0 saturated heterocycles. The van der Waals surface area contributed by atoms with Gasteiger partial charge in [-0.3, -0.25) is 4.98 Å². The van der Waals surface area contributed by atoms with Gasteiger partial charge in [0.05, 0.1) is 15.7 Å².